The summed E-state index contributed by atoms with van der Waals surface area (Å²) < 4.78 is 40.2. The van der Waals surface area contributed by atoms with E-state index in [1.807, 2.05) is 35.7 Å². The van der Waals surface area contributed by atoms with Gasteiger partial charge in [0.15, 0.2) is 5.13 Å². The molecule has 6 nitrogen and oxygen atoms in total. The quantitative estimate of drug-likeness (QED) is 0.403. The van der Waals surface area contributed by atoms with Crippen molar-refractivity contribution in [2.75, 3.05) is 10.0 Å². The van der Waals surface area contributed by atoms with Gasteiger partial charge in [0.2, 0.25) is 5.91 Å². The fourth-order valence-electron chi connectivity index (χ4n) is 2.94. The van der Waals surface area contributed by atoms with Crippen LogP contribution in [0.1, 0.15) is 5.56 Å². The highest BCUT2D eigenvalue weighted by Gasteiger charge is 2.14. The van der Waals surface area contributed by atoms with E-state index in [1.54, 1.807) is 24.3 Å². The third-order valence-electron chi connectivity index (χ3n) is 4.51. The predicted molar refractivity (Wildman–Crippen MR) is 124 cm³/mol. The number of nitrogens with zero attached hydrogens (tertiary/aromatic N) is 1. The first-order valence-corrected chi connectivity index (χ1v) is 11.9. The Morgan fingerprint density at radius 2 is 1.62 bits per heavy atom. The molecule has 3 aromatic carbocycles. The highest BCUT2D eigenvalue weighted by Crippen LogP contribution is 2.25. The number of benzene rings is 3. The molecule has 0 fully saturated rings. The van der Waals surface area contributed by atoms with Crippen LogP contribution >= 0.6 is 11.3 Å². The van der Waals surface area contributed by atoms with E-state index in [1.165, 1.54) is 23.5 Å². The largest absolute Gasteiger partial charge is 0.302 e. The standard InChI is InChI=1S/C23H18FN3O3S2/c24-18-8-12-20(13-9-18)32(29,30)27-19-10-6-16(7-11-19)14-22(28)26-23-25-21(15-31-23)17-4-2-1-3-5-17/h1-13,15,27H,14H2,(H,25,26,28). The molecule has 1 amide bonds. The molecule has 0 aliphatic carbocycles. The van der Waals surface area contributed by atoms with Crippen LogP contribution in [0.15, 0.2) is 89.1 Å². The number of aromatic nitrogens is 1. The summed E-state index contributed by atoms with van der Waals surface area (Å²) in [4.78, 5) is 16.8. The molecule has 4 aromatic rings. The first-order valence-electron chi connectivity index (χ1n) is 9.57. The van der Waals surface area contributed by atoms with E-state index >= 15 is 0 Å². The first-order chi connectivity index (χ1) is 15.4. The second-order valence-corrected chi connectivity index (χ2v) is 9.43. The van der Waals surface area contributed by atoms with Crippen LogP contribution in [-0.4, -0.2) is 19.3 Å². The Bertz CT molecular complexity index is 1320. The van der Waals surface area contributed by atoms with Gasteiger partial charge in [0.05, 0.1) is 17.0 Å². The van der Waals surface area contributed by atoms with E-state index < -0.39 is 15.8 Å². The van der Waals surface area contributed by atoms with E-state index in [-0.39, 0.29) is 17.2 Å². The van der Waals surface area contributed by atoms with E-state index in [0.717, 1.165) is 23.4 Å². The minimum absolute atomic E-state index is 0.0410. The topological polar surface area (TPSA) is 88.2 Å². The van der Waals surface area contributed by atoms with Gasteiger partial charge in [-0.25, -0.2) is 17.8 Å². The molecule has 0 saturated heterocycles. The number of hydrogen-bond donors (Lipinski definition) is 2. The predicted octanol–water partition coefficient (Wildman–Crippen LogP) is 4.93. The molecular formula is C23H18FN3O3S2. The molecule has 32 heavy (non-hydrogen) atoms. The number of thiazole rings is 1. The minimum atomic E-state index is -3.83. The van der Waals surface area contributed by atoms with Crippen LogP contribution in [0.25, 0.3) is 11.3 Å². The molecule has 0 aliphatic rings. The summed E-state index contributed by atoms with van der Waals surface area (Å²) in [6.07, 6.45) is 0.116. The lowest BCUT2D eigenvalue weighted by molar-refractivity contribution is -0.115. The van der Waals surface area contributed by atoms with Crippen molar-refractivity contribution in [1.29, 1.82) is 0 Å². The van der Waals surface area contributed by atoms with Crippen molar-refractivity contribution in [1.82, 2.24) is 4.98 Å². The average molecular weight is 468 g/mol. The first kappa shape index (κ1) is 21.7. The summed E-state index contributed by atoms with van der Waals surface area (Å²) in [6.45, 7) is 0. The Labute approximate surface area is 188 Å². The number of anilines is 2. The van der Waals surface area contributed by atoms with Gasteiger partial charge in [-0.15, -0.1) is 11.3 Å². The molecule has 4 rings (SSSR count). The van der Waals surface area contributed by atoms with Gasteiger partial charge in [-0.05, 0) is 42.0 Å². The molecule has 0 unspecified atom stereocenters. The number of carbonyl (C=O) groups is 1. The Balaban J connectivity index is 1.36. The van der Waals surface area contributed by atoms with Gasteiger partial charge in [0.25, 0.3) is 10.0 Å². The number of amides is 1. The van der Waals surface area contributed by atoms with Crippen molar-refractivity contribution in [2.24, 2.45) is 0 Å². The molecule has 0 aliphatic heterocycles. The third kappa shape index (κ3) is 5.37. The summed E-state index contributed by atoms with van der Waals surface area (Å²) >= 11 is 1.35. The highest BCUT2D eigenvalue weighted by molar-refractivity contribution is 7.92. The van der Waals surface area contributed by atoms with Gasteiger partial charge < -0.3 is 5.32 Å². The fourth-order valence-corrected chi connectivity index (χ4v) is 4.73. The number of rotatable bonds is 7. The van der Waals surface area contributed by atoms with Crippen LogP contribution in [0.5, 0.6) is 0 Å². The van der Waals surface area contributed by atoms with Gasteiger partial charge >= 0.3 is 0 Å². The maximum atomic E-state index is 13.0. The van der Waals surface area contributed by atoms with E-state index in [2.05, 4.69) is 15.0 Å². The minimum Gasteiger partial charge on any atom is -0.302 e. The Kier molecular flexibility index (Phi) is 6.29. The molecule has 2 N–H and O–H groups in total. The molecule has 162 valence electrons. The smallest absolute Gasteiger partial charge is 0.261 e. The van der Waals surface area contributed by atoms with E-state index in [9.17, 15) is 17.6 Å². The number of nitrogens with one attached hydrogen (secondary N) is 2. The zero-order valence-electron chi connectivity index (χ0n) is 16.7. The second kappa shape index (κ2) is 9.29. The van der Waals surface area contributed by atoms with Gasteiger partial charge in [-0.2, -0.15) is 0 Å². The number of hydrogen-bond acceptors (Lipinski definition) is 5. The molecule has 0 saturated carbocycles. The van der Waals surface area contributed by atoms with Crippen molar-refractivity contribution in [3.8, 4) is 11.3 Å². The maximum Gasteiger partial charge on any atom is 0.261 e. The van der Waals surface area contributed by atoms with Crippen LogP contribution < -0.4 is 10.0 Å². The lowest BCUT2D eigenvalue weighted by Crippen LogP contribution is -2.15. The van der Waals surface area contributed by atoms with Gasteiger partial charge in [-0.1, -0.05) is 42.5 Å². The van der Waals surface area contributed by atoms with Crippen molar-refractivity contribution < 1.29 is 17.6 Å². The van der Waals surface area contributed by atoms with Gasteiger partial charge in [0.1, 0.15) is 5.82 Å². The Morgan fingerprint density at radius 1 is 0.938 bits per heavy atom. The lowest BCUT2D eigenvalue weighted by Gasteiger charge is -2.09. The summed E-state index contributed by atoms with van der Waals surface area (Å²) in [5.41, 5.74) is 2.82. The molecule has 9 heteroatoms. The van der Waals surface area contributed by atoms with Crippen molar-refractivity contribution in [3.05, 3.63) is 95.6 Å². The van der Waals surface area contributed by atoms with Crippen molar-refractivity contribution >= 4 is 38.1 Å². The summed E-state index contributed by atoms with van der Waals surface area (Å²) in [5.74, 6) is -0.737. The number of sulfonamides is 1. The van der Waals surface area contributed by atoms with Crippen LogP contribution in [0.4, 0.5) is 15.2 Å². The third-order valence-corrected chi connectivity index (χ3v) is 6.67. The highest BCUT2D eigenvalue weighted by atomic mass is 32.2. The average Bonchev–Trinajstić information content (AvgIpc) is 3.24. The maximum absolute atomic E-state index is 13.0. The van der Waals surface area contributed by atoms with E-state index in [0.29, 0.717) is 16.4 Å². The molecular weight excluding hydrogens is 449 g/mol. The zero-order chi connectivity index (χ0) is 22.6. The Hall–Kier alpha value is -3.56. The van der Waals surface area contributed by atoms with Gasteiger partial charge in [-0.3, -0.25) is 9.52 Å². The SMILES string of the molecule is O=C(Cc1ccc(NS(=O)(=O)c2ccc(F)cc2)cc1)Nc1nc(-c2ccccc2)cs1. The van der Waals surface area contributed by atoms with Crippen LogP contribution in [0.3, 0.4) is 0 Å². The summed E-state index contributed by atoms with van der Waals surface area (Å²) in [5, 5.41) is 5.18. The fraction of sp³-hybridized carbons (Fsp3) is 0.0435. The van der Waals surface area contributed by atoms with Crippen LogP contribution in [0.2, 0.25) is 0 Å². The lowest BCUT2D eigenvalue weighted by atomic mass is 10.1. The van der Waals surface area contributed by atoms with E-state index in [4.69, 9.17) is 0 Å². The van der Waals surface area contributed by atoms with Crippen LogP contribution in [-0.2, 0) is 21.2 Å². The van der Waals surface area contributed by atoms with Crippen molar-refractivity contribution in [3.63, 3.8) is 0 Å². The van der Waals surface area contributed by atoms with Gasteiger partial charge in [0, 0.05) is 16.6 Å². The number of halogens is 1. The molecule has 0 bridgehead atoms. The summed E-state index contributed by atoms with van der Waals surface area (Å²) in [6, 6.07) is 20.7. The second-order valence-electron chi connectivity index (χ2n) is 6.89. The number of carbonyl (C=O) groups excluding carboxylic acids is 1. The normalized spacial score (nSPS) is 11.2. The monoisotopic (exact) mass is 467 g/mol. The molecule has 1 heterocycles. The zero-order valence-corrected chi connectivity index (χ0v) is 18.3. The van der Waals surface area contributed by atoms with Crippen molar-refractivity contribution in [2.45, 2.75) is 11.3 Å². The molecule has 0 spiro atoms. The molecule has 1 aromatic heterocycles. The Morgan fingerprint density at radius 3 is 2.31 bits per heavy atom. The van der Waals surface area contributed by atoms with Crippen LogP contribution in [0, 0.1) is 5.82 Å². The summed E-state index contributed by atoms with van der Waals surface area (Å²) in [7, 11) is -3.83. The molecule has 0 atom stereocenters. The molecule has 0 radical (unpaired) electrons.